The highest BCUT2D eigenvalue weighted by Gasteiger charge is 2.22. The summed E-state index contributed by atoms with van der Waals surface area (Å²) in [6.07, 6.45) is 0.820. The molecule has 0 bridgehead atoms. The van der Waals surface area contributed by atoms with Gasteiger partial charge in [0.1, 0.15) is 5.69 Å². The second-order valence-corrected chi connectivity index (χ2v) is 6.27. The number of fused-ring (bicyclic) bond motifs is 3. The summed E-state index contributed by atoms with van der Waals surface area (Å²) < 4.78 is 8.74. The normalized spacial score (nSPS) is 17.7. The van der Waals surface area contributed by atoms with Gasteiger partial charge in [-0.15, -0.1) is 0 Å². The largest absolute Gasteiger partial charge is 0.379 e. The van der Waals surface area contributed by atoms with Crippen LogP contribution in [0.3, 0.4) is 0 Å². The number of pyridine rings is 1. The molecule has 1 atom stereocenters. The first-order valence-corrected chi connectivity index (χ1v) is 8.03. The minimum Gasteiger partial charge on any atom is -0.379 e. The van der Waals surface area contributed by atoms with Gasteiger partial charge in [0, 0.05) is 26.1 Å². The second kappa shape index (κ2) is 5.49. The van der Waals surface area contributed by atoms with Crippen molar-refractivity contribution in [2.75, 3.05) is 13.2 Å². The van der Waals surface area contributed by atoms with Crippen molar-refractivity contribution < 1.29 is 9.53 Å². The van der Waals surface area contributed by atoms with Crippen LogP contribution in [0.15, 0.2) is 35.1 Å². The number of nitrogens with one attached hydrogen (secondary N) is 1. The molecule has 6 heteroatoms. The van der Waals surface area contributed by atoms with Crippen molar-refractivity contribution in [1.29, 1.82) is 0 Å². The SMILES string of the molecule is Cn1c(C(=O)NC2CCOC2)cc2c(=O)n(C)c3ccccc3c21. The summed E-state index contributed by atoms with van der Waals surface area (Å²) in [6.45, 7) is 1.21. The molecule has 3 heterocycles. The number of aryl methyl sites for hydroxylation is 2. The van der Waals surface area contributed by atoms with E-state index in [0.717, 1.165) is 22.8 Å². The molecule has 1 N–H and O–H groups in total. The topological polar surface area (TPSA) is 65.3 Å². The predicted octanol–water partition coefficient (Wildman–Crippen LogP) is 1.55. The van der Waals surface area contributed by atoms with Crippen LogP contribution in [0.5, 0.6) is 0 Å². The van der Waals surface area contributed by atoms with Crippen LogP contribution in [0.1, 0.15) is 16.9 Å². The highest BCUT2D eigenvalue weighted by molar-refractivity contribution is 6.08. The van der Waals surface area contributed by atoms with Crippen molar-refractivity contribution in [1.82, 2.24) is 14.5 Å². The van der Waals surface area contributed by atoms with Crippen LogP contribution in [0.4, 0.5) is 0 Å². The number of ether oxygens (including phenoxy) is 1. The van der Waals surface area contributed by atoms with Crippen LogP contribution < -0.4 is 10.9 Å². The fourth-order valence-corrected chi connectivity index (χ4v) is 3.47. The van der Waals surface area contributed by atoms with Crippen molar-refractivity contribution in [3.63, 3.8) is 0 Å². The molecule has 24 heavy (non-hydrogen) atoms. The summed E-state index contributed by atoms with van der Waals surface area (Å²) in [5, 5.41) is 4.51. The number of hydrogen-bond acceptors (Lipinski definition) is 3. The van der Waals surface area contributed by atoms with Crippen molar-refractivity contribution >= 4 is 27.7 Å². The van der Waals surface area contributed by atoms with Gasteiger partial charge in [0.05, 0.1) is 29.1 Å². The number of amides is 1. The van der Waals surface area contributed by atoms with E-state index < -0.39 is 0 Å². The standard InChI is InChI=1S/C18H19N3O3/c1-20-15(17(22)19-11-7-8-24-10-11)9-13-16(20)12-5-3-4-6-14(12)21(2)18(13)23/h3-6,9,11H,7-8,10H2,1-2H3,(H,19,22). The van der Waals surface area contributed by atoms with Crippen LogP contribution in [-0.4, -0.2) is 34.3 Å². The van der Waals surface area contributed by atoms with Gasteiger partial charge in [0.2, 0.25) is 0 Å². The highest BCUT2D eigenvalue weighted by Crippen LogP contribution is 2.25. The number of benzene rings is 1. The first kappa shape index (κ1) is 15.0. The number of nitrogens with zero attached hydrogens (tertiary/aromatic N) is 2. The smallest absolute Gasteiger partial charge is 0.268 e. The molecule has 1 aromatic carbocycles. The summed E-state index contributed by atoms with van der Waals surface area (Å²) >= 11 is 0. The molecule has 1 saturated heterocycles. The van der Waals surface area contributed by atoms with Crippen molar-refractivity contribution in [2.24, 2.45) is 14.1 Å². The van der Waals surface area contributed by atoms with E-state index in [4.69, 9.17) is 4.74 Å². The first-order chi connectivity index (χ1) is 11.6. The molecule has 124 valence electrons. The van der Waals surface area contributed by atoms with Crippen molar-refractivity contribution in [2.45, 2.75) is 12.5 Å². The van der Waals surface area contributed by atoms with Gasteiger partial charge in [0.15, 0.2) is 0 Å². The molecule has 0 spiro atoms. The Morgan fingerprint density at radius 1 is 1.21 bits per heavy atom. The summed E-state index contributed by atoms with van der Waals surface area (Å²) in [5.41, 5.74) is 2.04. The third kappa shape index (κ3) is 2.14. The van der Waals surface area contributed by atoms with E-state index >= 15 is 0 Å². The summed E-state index contributed by atoms with van der Waals surface area (Å²) in [6, 6.07) is 9.46. The zero-order valence-electron chi connectivity index (χ0n) is 13.7. The minimum atomic E-state index is -0.171. The van der Waals surface area contributed by atoms with Gasteiger partial charge in [0.25, 0.3) is 11.5 Å². The van der Waals surface area contributed by atoms with Gasteiger partial charge < -0.3 is 19.2 Å². The zero-order valence-corrected chi connectivity index (χ0v) is 13.7. The predicted molar refractivity (Wildman–Crippen MR) is 92.4 cm³/mol. The van der Waals surface area contributed by atoms with E-state index in [9.17, 15) is 9.59 Å². The van der Waals surface area contributed by atoms with E-state index in [1.807, 2.05) is 35.9 Å². The molecule has 6 nitrogen and oxygen atoms in total. The number of hydrogen-bond donors (Lipinski definition) is 1. The average Bonchev–Trinajstić information content (AvgIpc) is 3.20. The number of carbonyl (C=O) groups excluding carboxylic acids is 1. The van der Waals surface area contributed by atoms with Gasteiger partial charge in [-0.25, -0.2) is 0 Å². The molecule has 1 aliphatic rings. The Kier molecular flexibility index (Phi) is 3.42. The maximum atomic E-state index is 12.7. The molecule has 1 amide bonds. The van der Waals surface area contributed by atoms with Crippen LogP contribution in [0.25, 0.3) is 21.8 Å². The molecule has 4 rings (SSSR count). The van der Waals surface area contributed by atoms with Crippen LogP contribution >= 0.6 is 0 Å². The Labute approximate surface area is 138 Å². The van der Waals surface area contributed by atoms with Crippen molar-refractivity contribution in [3.05, 3.63) is 46.4 Å². The lowest BCUT2D eigenvalue weighted by atomic mass is 10.1. The number of rotatable bonds is 2. The first-order valence-electron chi connectivity index (χ1n) is 8.03. The molecule has 0 aliphatic carbocycles. The van der Waals surface area contributed by atoms with E-state index in [2.05, 4.69) is 5.32 Å². The fourth-order valence-electron chi connectivity index (χ4n) is 3.47. The van der Waals surface area contributed by atoms with E-state index in [1.54, 1.807) is 17.7 Å². The van der Waals surface area contributed by atoms with Gasteiger partial charge in [-0.05, 0) is 18.6 Å². The summed E-state index contributed by atoms with van der Waals surface area (Å²) in [4.78, 5) is 25.3. The lowest BCUT2D eigenvalue weighted by Gasteiger charge is -2.11. The van der Waals surface area contributed by atoms with Crippen LogP contribution in [-0.2, 0) is 18.8 Å². The zero-order chi connectivity index (χ0) is 16.8. The molecule has 0 saturated carbocycles. The molecule has 2 aromatic heterocycles. The van der Waals surface area contributed by atoms with E-state index in [1.165, 1.54) is 0 Å². The van der Waals surface area contributed by atoms with Gasteiger partial charge in [-0.1, -0.05) is 18.2 Å². The molecular weight excluding hydrogens is 306 g/mol. The Morgan fingerprint density at radius 3 is 2.75 bits per heavy atom. The van der Waals surface area contributed by atoms with Crippen LogP contribution in [0.2, 0.25) is 0 Å². The fraction of sp³-hybridized carbons (Fsp3) is 0.333. The van der Waals surface area contributed by atoms with Gasteiger partial charge in [-0.3, -0.25) is 9.59 Å². The Bertz CT molecular complexity index is 1010. The maximum Gasteiger partial charge on any atom is 0.268 e. The summed E-state index contributed by atoms with van der Waals surface area (Å²) in [5.74, 6) is -0.171. The second-order valence-electron chi connectivity index (χ2n) is 6.27. The number of para-hydroxylation sites is 1. The van der Waals surface area contributed by atoms with Crippen LogP contribution in [0, 0.1) is 0 Å². The van der Waals surface area contributed by atoms with Gasteiger partial charge in [-0.2, -0.15) is 0 Å². The van der Waals surface area contributed by atoms with Gasteiger partial charge >= 0.3 is 0 Å². The summed E-state index contributed by atoms with van der Waals surface area (Å²) in [7, 11) is 3.58. The molecule has 1 unspecified atom stereocenters. The Balaban J connectivity index is 1.91. The average molecular weight is 325 g/mol. The highest BCUT2D eigenvalue weighted by atomic mass is 16.5. The molecule has 3 aromatic rings. The quantitative estimate of drug-likeness (QED) is 0.777. The molecule has 0 radical (unpaired) electrons. The Morgan fingerprint density at radius 2 is 2.00 bits per heavy atom. The third-order valence-electron chi connectivity index (χ3n) is 4.79. The van der Waals surface area contributed by atoms with E-state index in [-0.39, 0.29) is 17.5 Å². The monoisotopic (exact) mass is 325 g/mol. The van der Waals surface area contributed by atoms with Crippen molar-refractivity contribution in [3.8, 4) is 0 Å². The number of carbonyl (C=O) groups is 1. The molecule has 1 fully saturated rings. The third-order valence-corrected chi connectivity index (χ3v) is 4.79. The minimum absolute atomic E-state index is 0.0371. The van der Waals surface area contributed by atoms with E-state index in [0.29, 0.717) is 24.3 Å². The lowest BCUT2D eigenvalue weighted by molar-refractivity contribution is 0.0922. The maximum absolute atomic E-state index is 12.7. The Hall–Kier alpha value is -2.60. The lowest BCUT2D eigenvalue weighted by Crippen LogP contribution is -2.35. The molecular formula is C18H19N3O3. The number of aromatic nitrogens is 2. The molecule has 1 aliphatic heterocycles.